The lowest BCUT2D eigenvalue weighted by molar-refractivity contribution is 0.601. The molecule has 1 aliphatic carbocycles. The van der Waals surface area contributed by atoms with Gasteiger partial charge in [0.2, 0.25) is 5.13 Å². The zero-order valence-electron chi connectivity index (χ0n) is 12.7. The number of anilines is 1. The van der Waals surface area contributed by atoms with Crippen molar-refractivity contribution in [2.45, 2.75) is 33.3 Å². The van der Waals surface area contributed by atoms with Gasteiger partial charge >= 0.3 is 0 Å². The first-order valence-electron chi connectivity index (χ1n) is 7.26. The molecule has 2 aromatic rings. The number of rotatable bonds is 7. The Labute approximate surface area is 159 Å². The molecular formula is C14H15Cl2N3O2S3. The maximum atomic E-state index is 12.4. The molecule has 1 aliphatic rings. The number of nitrogens with zero attached hydrogens (tertiary/aromatic N) is 2. The van der Waals surface area contributed by atoms with E-state index in [0.717, 1.165) is 24.2 Å². The maximum Gasteiger partial charge on any atom is 0.263 e. The fourth-order valence-corrected chi connectivity index (χ4v) is 5.95. The highest BCUT2D eigenvalue weighted by molar-refractivity contribution is 8.01. The molecule has 1 heterocycles. The van der Waals surface area contributed by atoms with E-state index in [1.54, 1.807) is 24.3 Å². The van der Waals surface area contributed by atoms with E-state index in [2.05, 4.69) is 14.9 Å². The van der Waals surface area contributed by atoms with Gasteiger partial charge in [-0.25, -0.2) is 8.42 Å². The van der Waals surface area contributed by atoms with Crippen LogP contribution in [0, 0.1) is 5.92 Å². The summed E-state index contributed by atoms with van der Waals surface area (Å²) in [5.74, 6) is 0.985. The van der Waals surface area contributed by atoms with Crippen LogP contribution in [0.2, 0.25) is 0 Å². The highest BCUT2D eigenvalue weighted by Crippen LogP contribution is 2.55. The van der Waals surface area contributed by atoms with Gasteiger partial charge in [-0.15, -0.1) is 33.4 Å². The third-order valence-electron chi connectivity index (χ3n) is 3.63. The van der Waals surface area contributed by atoms with Crippen molar-refractivity contribution in [1.82, 2.24) is 10.2 Å². The van der Waals surface area contributed by atoms with Crippen molar-refractivity contribution < 1.29 is 8.42 Å². The number of aromatic nitrogens is 2. The molecule has 0 aliphatic heterocycles. The van der Waals surface area contributed by atoms with Gasteiger partial charge < -0.3 is 0 Å². The number of hydrogen-bond donors (Lipinski definition) is 1. The number of thioether (sulfide) groups is 1. The minimum absolute atomic E-state index is 0.205. The van der Waals surface area contributed by atoms with Crippen molar-refractivity contribution >= 4 is 61.5 Å². The van der Waals surface area contributed by atoms with Crippen LogP contribution in [0.25, 0.3) is 0 Å². The molecule has 0 radical (unpaired) electrons. The monoisotopic (exact) mass is 423 g/mol. The van der Waals surface area contributed by atoms with Gasteiger partial charge in [0.1, 0.15) is 4.33 Å². The second kappa shape index (κ2) is 6.99. The fourth-order valence-electron chi connectivity index (χ4n) is 2.01. The van der Waals surface area contributed by atoms with Gasteiger partial charge in [0.15, 0.2) is 4.34 Å². The molecule has 0 saturated heterocycles. The van der Waals surface area contributed by atoms with Crippen molar-refractivity contribution in [3.05, 3.63) is 29.8 Å². The van der Waals surface area contributed by atoms with Crippen LogP contribution >= 0.6 is 46.3 Å². The molecule has 0 bridgehead atoms. The molecule has 130 valence electrons. The Kier molecular flexibility index (Phi) is 5.32. The summed E-state index contributed by atoms with van der Waals surface area (Å²) >= 11 is 14.6. The van der Waals surface area contributed by atoms with E-state index in [-0.39, 0.29) is 15.9 Å². The molecule has 1 N–H and O–H groups in total. The number of sulfonamides is 1. The predicted octanol–water partition coefficient (Wildman–Crippen LogP) is 4.19. The number of hydrogen-bond acceptors (Lipinski definition) is 6. The molecule has 1 fully saturated rings. The minimum atomic E-state index is -3.66. The lowest BCUT2D eigenvalue weighted by Crippen LogP contribution is -2.12. The summed E-state index contributed by atoms with van der Waals surface area (Å²) in [6.45, 7) is 2.02. The summed E-state index contributed by atoms with van der Waals surface area (Å²) in [7, 11) is -3.66. The van der Waals surface area contributed by atoms with Crippen molar-refractivity contribution in [2.75, 3.05) is 10.5 Å². The van der Waals surface area contributed by atoms with Gasteiger partial charge in [-0.2, -0.15) is 0 Å². The number of halogens is 2. The summed E-state index contributed by atoms with van der Waals surface area (Å²) < 4.78 is 27.2. The van der Waals surface area contributed by atoms with Gasteiger partial charge in [-0.1, -0.05) is 42.2 Å². The Hall–Kier alpha value is -0.540. The quantitative estimate of drug-likeness (QED) is 0.533. The van der Waals surface area contributed by atoms with E-state index in [0.29, 0.717) is 4.34 Å². The molecule has 1 atom stereocenters. The largest absolute Gasteiger partial charge is 0.263 e. The van der Waals surface area contributed by atoms with Crippen LogP contribution in [-0.4, -0.2) is 28.7 Å². The lowest BCUT2D eigenvalue weighted by atomic mass is 10.2. The fraction of sp³-hybridized carbons (Fsp3) is 0.429. The zero-order chi connectivity index (χ0) is 17.4. The highest BCUT2D eigenvalue weighted by Gasteiger charge is 2.51. The molecule has 24 heavy (non-hydrogen) atoms. The summed E-state index contributed by atoms with van der Waals surface area (Å²) in [6.07, 6.45) is 1.63. The van der Waals surface area contributed by atoms with Crippen LogP contribution in [-0.2, 0) is 16.4 Å². The topological polar surface area (TPSA) is 72.0 Å². The maximum absolute atomic E-state index is 12.4. The lowest BCUT2D eigenvalue weighted by Gasteiger charge is -2.05. The molecule has 3 rings (SSSR count). The number of nitrogens with one attached hydrogen (secondary N) is 1. The average Bonchev–Trinajstić information content (AvgIpc) is 2.93. The second-order valence-corrected chi connectivity index (χ2v) is 10.9. The first-order chi connectivity index (χ1) is 11.3. The van der Waals surface area contributed by atoms with Crippen LogP contribution in [0.1, 0.15) is 18.9 Å². The van der Waals surface area contributed by atoms with E-state index in [1.807, 2.05) is 6.92 Å². The molecule has 5 nitrogen and oxygen atoms in total. The smallest absolute Gasteiger partial charge is 0.253 e. The first kappa shape index (κ1) is 18.3. The molecular weight excluding hydrogens is 409 g/mol. The highest BCUT2D eigenvalue weighted by atomic mass is 35.5. The summed E-state index contributed by atoms with van der Waals surface area (Å²) in [6, 6.07) is 6.78. The van der Waals surface area contributed by atoms with Gasteiger partial charge in [0.05, 0.1) is 4.90 Å². The van der Waals surface area contributed by atoms with E-state index in [9.17, 15) is 8.42 Å². The van der Waals surface area contributed by atoms with E-state index < -0.39 is 14.4 Å². The predicted molar refractivity (Wildman–Crippen MR) is 99.8 cm³/mol. The molecule has 0 spiro atoms. The summed E-state index contributed by atoms with van der Waals surface area (Å²) in [5.41, 5.74) is 1.08. The first-order valence-corrected chi connectivity index (χ1v) is 11.3. The Morgan fingerprint density at radius 1 is 1.33 bits per heavy atom. The molecule has 1 aromatic heterocycles. The van der Waals surface area contributed by atoms with Crippen LogP contribution in [0.4, 0.5) is 5.13 Å². The summed E-state index contributed by atoms with van der Waals surface area (Å²) in [4.78, 5) is 0.205. The molecule has 1 unspecified atom stereocenters. The van der Waals surface area contributed by atoms with Gasteiger partial charge in [-0.05, 0) is 30.5 Å². The normalized spacial score (nSPS) is 19.2. The number of aryl methyl sites for hydroxylation is 1. The standard InChI is InChI=1S/C14H15Cl2N3O2S3/c1-2-9-3-5-11(6-4-9)24(20,21)19-12-17-18-13(23-12)22-8-10-7-14(10,15)16/h3-6,10H,2,7-8H2,1H3,(H,17,19). The van der Waals surface area contributed by atoms with E-state index in [4.69, 9.17) is 23.2 Å². The Morgan fingerprint density at radius 2 is 2.00 bits per heavy atom. The molecule has 1 saturated carbocycles. The second-order valence-electron chi connectivity index (χ2n) is 5.45. The Bertz CT molecular complexity index is 822. The zero-order valence-corrected chi connectivity index (χ0v) is 16.7. The molecule has 1 aromatic carbocycles. The molecule has 10 heteroatoms. The van der Waals surface area contributed by atoms with Crippen molar-refractivity contribution in [2.24, 2.45) is 5.92 Å². The summed E-state index contributed by atoms with van der Waals surface area (Å²) in [5, 5.41) is 8.12. The van der Waals surface area contributed by atoms with Gasteiger partial charge in [0.25, 0.3) is 10.0 Å². The van der Waals surface area contributed by atoms with E-state index >= 15 is 0 Å². The van der Waals surface area contributed by atoms with Crippen LogP contribution in [0.3, 0.4) is 0 Å². The van der Waals surface area contributed by atoms with Crippen molar-refractivity contribution in [3.8, 4) is 0 Å². The third-order valence-corrected chi connectivity index (χ3v) is 8.18. The van der Waals surface area contributed by atoms with Gasteiger partial charge in [0, 0.05) is 11.7 Å². The van der Waals surface area contributed by atoms with Crippen molar-refractivity contribution in [3.63, 3.8) is 0 Å². The Morgan fingerprint density at radius 3 is 2.58 bits per heavy atom. The van der Waals surface area contributed by atoms with E-state index in [1.165, 1.54) is 23.1 Å². The average molecular weight is 424 g/mol. The van der Waals surface area contributed by atoms with Crippen LogP contribution in [0.5, 0.6) is 0 Å². The third kappa shape index (κ3) is 4.35. The Balaban J connectivity index is 1.62. The SMILES string of the molecule is CCc1ccc(S(=O)(=O)Nc2nnc(SCC3CC3(Cl)Cl)s2)cc1. The van der Waals surface area contributed by atoms with Crippen molar-refractivity contribution in [1.29, 1.82) is 0 Å². The van der Waals surface area contributed by atoms with Crippen LogP contribution in [0.15, 0.2) is 33.5 Å². The molecule has 0 amide bonds. The number of alkyl halides is 2. The number of benzene rings is 1. The van der Waals surface area contributed by atoms with Crippen LogP contribution < -0.4 is 4.72 Å². The minimum Gasteiger partial charge on any atom is -0.253 e. The van der Waals surface area contributed by atoms with Gasteiger partial charge in [-0.3, -0.25) is 4.72 Å².